The second-order valence-electron chi connectivity index (χ2n) is 5.34. The van der Waals surface area contributed by atoms with Crippen LogP contribution in [0.15, 0.2) is 59.5 Å². The van der Waals surface area contributed by atoms with Crippen molar-refractivity contribution in [2.75, 3.05) is 4.72 Å². The average molecular weight is 358 g/mol. The normalized spacial score (nSPS) is 11.2. The zero-order valence-corrected chi connectivity index (χ0v) is 13.6. The van der Waals surface area contributed by atoms with Crippen LogP contribution in [0.4, 0.5) is 14.5 Å². The minimum atomic E-state index is -4.13. The Morgan fingerprint density at radius 3 is 2.48 bits per heavy atom. The minimum absolute atomic E-state index is 0.0356. The lowest BCUT2D eigenvalue weighted by Crippen LogP contribution is -2.15. The number of anilines is 1. The Morgan fingerprint density at radius 1 is 1.00 bits per heavy atom. The van der Waals surface area contributed by atoms with Crippen molar-refractivity contribution in [1.29, 1.82) is 5.26 Å². The first-order chi connectivity index (χ1) is 11.9. The quantitative estimate of drug-likeness (QED) is 0.767. The number of nitrogens with zero attached hydrogens (tertiary/aromatic N) is 1. The summed E-state index contributed by atoms with van der Waals surface area (Å²) in [6.07, 6.45) is -0.306. The van der Waals surface area contributed by atoms with Gasteiger partial charge in [-0.25, -0.2) is 17.2 Å². The summed E-state index contributed by atoms with van der Waals surface area (Å²) >= 11 is 0. The molecule has 3 aromatic rings. The number of halogens is 2. The largest absolute Gasteiger partial charge is 0.277 e. The third kappa shape index (κ3) is 3.30. The van der Waals surface area contributed by atoms with E-state index in [1.54, 1.807) is 42.5 Å². The van der Waals surface area contributed by atoms with E-state index >= 15 is 0 Å². The monoisotopic (exact) mass is 358 g/mol. The molecule has 0 fully saturated rings. The fraction of sp³-hybridized carbons (Fsp3) is 0.0556. The van der Waals surface area contributed by atoms with Gasteiger partial charge < -0.3 is 0 Å². The van der Waals surface area contributed by atoms with Gasteiger partial charge in [-0.15, -0.1) is 0 Å². The molecule has 4 nitrogen and oxygen atoms in total. The predicted octanol–water partition coefficient (Wildman–Crippen LogP) is 3.98. The molecular weight excluding hydrogens is 346 g/mol. The Balaban J connectivity index is 2.05. The molecule has 0 unspecified atom stereocenters. The van der Waals surface area contributed by atoms with Crippen LogP contribution >= 0.6 is 0 Å². The molecule has 0 aliphatic heterocycles. The number of benzene rings is 3. The minimum Gasteiger partial charge on any atom is -0.277 e. The molecule has 25 heavy (non-hydrogen) atoms. The Bertz CT molecular complexity index is 1100. The Kier molecular flexibility index (Phi) is 4.38. The molecule has 0 spiro atoms. The van der Waals surface area contributed by atoms with E-state index in [0.29, 0.717) is 10.8 Å². The summed E-state index contributed by atoms with van der Waals surface area (Å²) in [5.74, 6) is -1.80. The number of nitriles is 1. The van der Waals surface area contributed by atoms with Crippen molar-refractivity contribution in [1.82, 2.24) is 0 Å². The van der Waals surface area contributed by atoms with Crippen molar-refractivity contribution >= 4 is 26.5 Å². The molecule has 0 radical (unpaired) electrons. The van der Waals surface area contributed by atoms with Gasteiger partial charge in [0.1, 0.15) is 11.6 Å². The van der Waals surface area contributed by atoms with E-state index < -0.39 is 27.3 Å². The summed E-state index contributed by atoms with van der Waals surface area (Å²) in [5.41, 5.74) is -0.639. The van der Waals surface area contributed by atoms with Crippen LogP contribution in [0.3, 0.4) is 0 Å². The van der Waals surface area contributed by atoms with Gasteiger partial charge in [-0.1, -0.05) is 36.4 Å². The van der Waals surface area contributed by atoms with Crippen LogP contribution in [0, 0.1) is 23.0 Å². The van der Waals surface area contributed by atoms with Gasteiger partial charge in [-0.3, -0.25) is 4.72 Å². The van der Waals surface area contributed by atoms with Gasteiger partial charge in [-0.05, 0) is 17.5 Å². The van der Waals surface area contributed by atoms with Crippen LogP contribution in [-0.4, -0.2) is 8.42 Å². The summed E-state index contributed by atoms with van der Waals surface area (Å²) in [5, 5.41) is 9.77. The maximum Gasteiger partial charge on any atom is 0.262 e. The third-order valence-corrected chi connectivity index (χ3v) is 5.11. The Morgan fingerprint density at radius 2 is 1.72 bits per heavy atom. The first-order valence-electron chi connectivity index (χ1n) is 7.28. The van der Waals surface area contributed by atoms with Gasteiger partial charge >= 0.3 is 0 Å². The van der Waals surface area contributed by atoms with Crippen molar-refractivity contribution in [3.05, 3.63) is 71.8 Å². The van der Waals surface area contributed by atoms with Gasteiger partial charge in [0.2, 0.25) is 0 Å². The Hall–Kier alpha value is -2.98. The standard InChI is InChI=1S/C18H12F2N2O2S/c19-15-11-17(16(20)10-13(15)8-9-21)22-25(23,24)18-7-3-5-12-4-1-2-6-14(12)18/h1-7,10-11,22H,8H2. The summed E-state index contributed by atoms with van der Waals surface area (Å²) in [6, 6.07) is 14.9. The molecule has 0 saturated carbocycles. The predicted molar refractivity (Wildman–Crippen MR) is 90.4 cm³/mol. The van der Waals surface area contributed by atoms with Crippen LogP contribution in [0.1, 0.15) is 5.56 Å². The lowest BCUT2D eigenvalue weighted by Gasteiger charge is -2.12. The smallest absolute Gasteiger partial charge is 0.262 e. The average Bonchev–Trinajstić information content (AvgIpc) is 2.59. The van der Waals surface area contributed by atoms with Gasteiger partial charge in [-0.2, -0.15) is 5.26 Å². The number of hydrogen-bond acceptors (Lipinski definition) is 3. The van der Waals surface area contributed by atoms with E-state index in [-0.39, 0.29) is 16.9 Å². The number of nitrogens with one attached hydrogen (secondary N) is 1. The van der Waals surface area contributed by atoms with Crippen LogP contribution in [0.5, 0.6) is 0 Å². The van der Waals surface area contributed by atoms with Crippen LogP contribution < -0.4 is 4.72 Å². The second-order valence-corrected chi connectivity index (χ2v) is 6.99. The SMILES string of the molecule is N#CCc1cc(F)c(NS(=O)(=O)c2cccc3ccccc23)cc1F. The van der Waals surface area contributed by atoms with E-state index in [2.05, 4.69) is 4.72 Å². The highest BCUT2D eigenvalue weighted by Gasteiger charge is 2.20. The molecule has 0 saturated heterocycles. The molecule has 0 aliphatic carbocycles. The van der Waals surface area contributed by atoms with Gasteiger partial charge in [0, 0.05) is 17.0 Å². The molecule has 0 aromatic heterocycles. The third-order valence-electron chi connectivity index (χ3n) is 3.69. The lowest BCUT2D eigenvalue weighted by molar-refractivity contribution is 0.589. The highest BCUT2D eigenvalue weighted by Crippen LogP contribution is 2.27. The fourth-order valence-corrected chi connectivity index (χ4v) is 3.81. The van der Waals surface area contributed by atoms with Crippen LogP contribution in [0.2, 0.25) is 0 Å². The van der Waals surface area contributed by atoms with Crippen molar-refractivity contribution in [2.24, 2.45) is 0 Å². The second kappa shape index (κ2) is 6.49. The lowest BCUT2D eigenvalue weighted by atomic mass is 10.1. The number of sulfonamides is 1. The molecule has 0 atom stereocenters. The van der Waals surface area contributed by atoms with Crippen molar-refractivity contribution < 1.29 is 17.2 Å². The molecule has 1 N–H and O–H groups in total. The summed E-state index contributed by atoms with van der Waals surface area (Å²) in [4.78, 5) is -0.0356. The maximum absolute atomic E-state index is 14.1. The molecule has 126 valence electrons. The van der Waals surface area contributed by atoms with Gasteiger partial charge in [0.15, 0.2) is 0 Å². The van der Waals surface area contributed by atoms with E-state index in [0.717, 1.165) is 12.1 Å². The van der Waals surface area contributed by atoms with E-state index in [1.165, 1.54) is 6.07 Å². The number of hydrogen-bond donors (Lipinski definition) is 1. The first-order valence-corrected chi connectivity index (χ1v) is 8.76. The zero-order chi connectivity index (χ0) is 18.0. The molecule has 0 aliphatic rings. The summed E-state index contributed by atoms with van der Waals surface area (Å²) < 4.78 is 55.4. The highest BCUT2D eigenvalue weighted by atomic mass is 32.2. The van der Waals surface area contributed by atoms with Crippen molar-refractivity contribution in [2.45, 2.75) is 11.3 Å². The van der Waals surface area contributed by atoms with Crippen molar-refractivity contribution in [3.8, 4) is 6.07 Å². The van der Waals surface area contributed by atoms with Gasteiger partial charge in [0.25, 0.3) is 10.0 Å². The fourth-order valence-electron chi connectivity index (χ4n) is 2.52. The molecule has 0 heterocycles. The van der Waals surface area contributed by atoms with Gasteiger partial charge in [0.05, 0.1) is 23.1 Å². The van der Waals surface area contributed by atoms with Crippen LogP contribution in [0.25, 0.3) is 10.8 Å². The molecule has 0 amide bonds. The number of rotatable bonds is 4. The topological polar surface area (TPSA) is 70.0 Å². The molecule has 3 aromatic carbocycles. The van der Waals surface area contributed by atoms with E-state index in [4.69, 9.17) is 5.26 Å². The zero-order valence-electron chi connectivity index (χ0n) is 12.8. The molecule has 7 heteroatoms. The van der Waals surface area contributed by atoms with E-state index in [9.17, 15) is 17.2 Å². The van der Waals surface area contributed by atoms with E-state index in [1.807, 2.05) is 0 Å². The molecular formula is C18H12F2N2O2S. The Labute approximate surface area is 143 Å². The highest BCUT2D eigenvalue weighted by molar-refractivity contribution is 7.93. The van der Waals surface area contributed by atoms with Crippen molar-refractivity contribution in [3.63, 3.8) is 0 Å². The molecule has 3 rings (SSSR count). The maximum atomic E-state index is 14.1. The van der Waals surface area contributed by atoms with Crippen LogP contribution in [-0.2, 0) is 16.4 Å². The first kappa shape index (κ1) is 16.9. The molecule has 0 bridgehead atoms. The number of fused-ring (bicyclic) bond motifs is 1. The summed E-state index contributed by atoms with van der Waals surface area (Å²) in [7, 11) is -4.13. The summed E-state index contributed by atoms with van der Waals surface area (Å²) in [6.45, 7) is 0.